The molecule has 0 amide bonds. The van der Waals surface area contributed by atoms with Gasteiger partial charge in [0.1, 0.15) is 0 Å². The van der Waals surface area contributed by atoms with Crippen LogP contribution in [0.3, 0.4) is 0 Å². The van der Waals surface area contributed by atoms with Gasteiger partial charge in [-0.05, 0) is 58.1 Å². The van der Waals surface area contributed by atoms with Crippen LogP contribution in [-0.4, -0.2) is 54.3 Å². The Balaban J connectivity index is 0.00000243. The summed E-state index contributed by atoms with van der Waals surface area (Å²) in [5.74, 6) is 0. The van der Waals surface area contributed by atoms with Crippen molar-refractivity contribution < 1.29 is 24.1 Å². The third-order valence-electron chi connectivity index (χ3n) is 5.20. The Kier molecular flexibility index (Phi) is 11.2. The maximum atomic E-state index is 13.2. The molecule has 4 N–H and O–H groups in total. The van der Waals surface area contributed by atoms with Crippen molar-refractivity contribution in [2.75, 3.05) is 32.1 Å². The summed E-state index contributed by atoms with van der Waals surface area (Å²) in [7, 11) is 4.08. The summed E-state index contributed by atoms with van der Waals surface area (Å²) in [6, 6.07) is 4.66. The zero-order valence-corrected chi connectivity index (χ0v) is 18.0. The molecule has 0 radical (unpaired) electrons. The van der Waals surface area contributed by atoms with Crippen LogP contribution in [0, 0.1) is 0 Å². The monoisotopic (exact) mass is 444 g/mol. The largest absolute Gasteiger partial charge is 0.416 e. The van der Waals surface area contributed by atoms with Crippen molar-refractivity contribution in [3.05, 3.63) is 23.8 Å². The molecule has 9 heteroatoms. The minimum absolute atomic E-state index is 0. The molecule has 0 saturated heterocycles. The summed E-state index contributed by atoms with van der Waals surface area (Å²) in [6.45, 7) is 1.78. The van der Waals surface area contributed by atoms with E-state index in [0.717, 1.165) is 36.5 Å². The third kappa shape index (κ3) is 6.42. The molecule has 3 rings (SSSR count). The summed E-state index contributed by atoms with van der Waals surface area (Å²) in [5.41, 5.74) is 0.262. The topological polar surface area (TPSA) is 69.5 Å². The fourth-order valence-electron chi connectivity index (χ4n) is 3.95. The molecule has 28 heavy (non-hydrogen) atoms. The van der Waals surface area contributed by atoms with Crippen molar-refractivity contribution in [1.29, 1.82) is 0 Å². The smallest absolute Gasteiger partial charge is 0.412 e. The Bertz CT molecular complexity index is 605. The molecule has 1 aromatic carbocycles. The standard InChI is InChI=1S/C19H27F3N2S.ClH.2H2O/c1-23(2)11-6-12-24-15-7-4-3-5-8-17(15)25-18-10-9-14(13-16(18)24)19(20,21)22;;;/h9-10,13,15,17H,3-8,11-12H2,1-2H3;1H;2*1H2. The molecule has 1 heterocycles. The van der Waals surface area contributed by atoms with E-state index in [1.54, 1.807) is 17.8 Å². The number of halogens is 4. The van der Waals surface area contributed by atoms with Gasteiger partial charge in [-0.15, -0.1) is 24.2 Å². The van der Waals surface area contributed by atoms with E-state index < -0.39 is 11.7 Å². The van der Waals surface area contributed by atoms with E-state index in [1.807, 2.05) is 14.1 Å². The van der Waals surface area contributed by atoms with E-state index in [1.165, 1.54) is 37.8 Å². The van der Waals surface area contributed by atoms with Gasteiger partial charge in [0.15, 0.2) is 0 Å². The quantitative estimate of drug-likeness (QED) is 0.703. The number of anilines is 1. The molecule has 0 aromatic heterocycles. The van der Waals surface area contributed by atoms with Crippen molar-refractivity contribution in [3.8, 4) is 0 Å². The molecular formula is C19H32ClF3N2O2S. The molecule has 0 bridgehead atoms. The summed E-state index contributed by atoms with van der Waals surface area (Å²) in [4.78, 5) is 5.44. The van der Waals surface area contributed by atoms with Crippen LogP contribution in [0.5, 0.6) is 0 Å². The average Bonchev–Trinajstić information content (AvgIpc) is 2.77. The highest BCUT2D eigenvalue weighted by molar-refractivity contribution is 8.00. The number of hydrogen-bond acceptors (Lipinski definition) is 3. The van der Waals surface area contributed by atoms with Gasteiger partial charge in [0, 0.05) is 22.7 Å². The minimum atomic E-state index is -4.28. The van der Waals surface area contributed by atoms with Crippen LogP contribution in [0.2, 0.25) is 0 Å². The number of thioether (sulfide) groups is 1. The van der Waals surface area contributed by atoms with Crippen LogP contribution >= 0.6 is 24.2 Å². The lowest BCUT2D eigenvalue weighted by molar-refractivity contribution is -0.137. The van der Waals surface area contributed by atoms with Gasteiger partial charge < -0.3 is 20.8 Å². The van der Waals surface area contributed by atoms with Crippen LogP contribution in [0.4, 0.5) is 18.9 Å². The number of nitrogens with zero attached hydrogens (tertiary/aromatic N) is 2. The minimum Gasteiger partial charge on any atom is -0.412 e. The van der Waals surface area contributed by atoms with Gasteiger partial charge in [-0.2, -0.15) is 13.2 Å². The molecule has 4 nitrogen and oxygen atoms in total. The van der Waals surface area contributed by atoms with Crippen molar-refractivity contribution in [2.24, 2.45) is 0 Å². The Morgan fingerprint density at radius 3 is 2.43 bits per heavy atom. The lowest BCUT2D eigenvalue weighted by Crippen LogP contribution is -2.46. The fraction of sp³-hybridized carbons (Fsp3) is 0.684. The van der Waals surface area contributed by atoms with Gasteiger partial charge in [-0.3, -0.25) is 0 Å². The molecule has 2 unspecified atom stereocenters. The van der Waals surface area contributed by atoms with E-state index in [-0.39, 0.29) is 23.4 Å². The molecule has 164 valence electrons. The van der Waals surface area contributed by atoms with Gasteiger partial charge >= 0.3 is 6.18 Å². The Morgan fingerprint density at radius 2 is 1.79 bits per heavy atom. The summed E-state index contributed by atoms with van der Waals surface area (Å²) in [6.07, 6.45) is 2.60. The lowest BCUT2D eigenvalue weighted by Gasteiger charge is -2.43. The van der Waals surface area contributed by atoms with E-state index in [2.05, 4.69) is 9.80 Å². The molecule has 2 aliphatic rings. The highest BCUT2D eigenvalue weighted by Crippen LogP contribution is 2.47. The van der Waals surface area contributed by atoms with Gasteiger partial charge in [0.2, 0.25) is 0 Å². The van der Waals surface area contributed by atoms with Gasteiger partial charge in [-0.1, -0.05) is 19.3 Å². The number of hydrogen-bond donors (Lipinski definition) is 0. The van der Waals surface area contributed by atoms with Crippen LogP contribution < -0.4 is 4.90 Å². The normalized spacial score (nSPS) is 21.4. The third-order valence-corrected chi connectivity index (χ3v) is 6.65. The Labute approximate surface area is 175 Å². The van der Waals surface area contributed by atoms with Crippen molar-refractivity contribution in [3.63, 3.8) is 0 Å². The van der Waals surface area contributed by atoms with Crippen LogP contribution in [0.25, 0.3) is 0 Å². The first-order valence-electron chi connectivity index (χ1n) is 9.15. The molecule has 1 aliphatic carbocycles. The van der Waals surface area contributed by atoms with Crippen molar-refractivity contribution in [2.45, 2.75) is 60.9 Å². The van der Waals surface area contributed by atoms with Crippen LogP contribution in [-0.2, 0) is 6.18 Å². The van der Waals surface area contributed by atoms with E-state index in [9.17, 15) is 13.2 Å². The Morgan fingerprint density at radius 1 is 1.11 bits per heavy atom. The van der Waals surface area contributed by atoms with E-state index >= 15 is 0 Å². The molecule has 1 fully saturated rings. The molecule has 0 spiro atoms. The summed E-state index contributed by atoms with van der Waals surface area (Å²) < 4.78 is 39.6. The van der Waals surface area contributed by atoms with Gasteiger partial charge in [-0.25, -0.2) is 0 Å². The average molecular weight is 445 g/mol. The molecule has 1 saturated carbocycles. The van der Waals surface area contributed by atoms with Crippen molar-refractivity contribution >= 4 is 29.9 Å². The molecule has 1 aliphatic heterocycles. The van der Waals surface area contributed by atoms with Gasteiger partial charge in [0.05, 0.1) is 11.3 Å². The SMILES string of the molecule is CN(C)CCCN1c2cc(C(F)(F)F)ccc2SC2CCCCCC21.Cl.O.O. The number of fused-ring (bicyclic) bond motifs is 2. The maximum Gasteiger partial charge on any atom is 0.416 e. The second-order valence-electron chi connectivity index (χ2n) is 7.39. The lowest BCUT2D eigenvalue weighted by atomic mass is 10.0. The van der Waals surface area contributed by atoms with Gasteiger partial charge in [0.25, 0.3) is 0 Å². The number of rotatable bonds is 4. The van der Waals surface area contributed by atoms with Crippen LogP contribution in [0.15, 0.2) is 23.1 Å². The van der Waals surface area contributed by atoms with Crippen LogP contribution in [0.1, 0.15) is 44.1 Å². The second kappa shape index (κ2) is 11.5. The highest BCUT2D eigenvalue weighted by atomic mass is 35.5. The predicted molar refractivity (Wildman–Crippen MR) is 113 cm³/mol. The predicted octanol–water partition coefficient (Wildman–Crippen LogP) is 4.04. The first kappa shape index (κ1) is 27.3. The Hall–Kier alpha value is -0.670. The van der Waals surface area contributed by atoms with E-state index in [0.29, 0.717) is 11.3 Å². The first-order chi connectivity index (χ1) is 11.9. The summed E-state index contributed by atoms with van der Waals surface area (Å²) >= 11 is 1.80. The molecule has 2 atom stereocenters. The maximum absolute atomic E-state index is 13.2. The zero-order chi connectivity index (χ0) is 18.0. The number of benzene rings is 1. The molecular weight excluding hydrogens is 413 g/mol. The van der Waals surface area contributed by atoms with E-state index in [4.69, 9.17) is 0 Å². The van der Waals surface area contributed by atoms with Crippen molar-refractivity contribution in [1.82, 2.24) is 4.90 Å². The zero-order valence-electron chi connectivity index (χ0n) is 16.4. The first-order valence-corrected chi connectivity index (χ1v) is 10.0. The second-order valence-corrected chi connectivity index (χ2v) is 8.67. The fourth-order valence-corrected chi connectivity index (χ4v) is 5.45. The highest BCUT2D eigenvalue weighted by Gasteiger charge is 2.38. The number of alkyl halides is 3. The molecule has 1 aromatic rings. The summed E-state index contributed by atoms with van der Waals surface area (Å²) in [5, 5.41) is 0.506.